The van der Waals surface area contributed by atoms with Crippen molar-refractivity contribution in [3.63, 3.8) is 0 Å². The van der Waals surface area contributed by atoms with E-state index < -0.39 is 22.0 Å². The Labute approximate surface area is 134 Å². The van der Waals surface area contributed by atoms with E-state index in [0.717, 1.165) is 5.56 Å². The minimum atomic E-state index is -3.88. The van der Waals surface area contributed by atoms with Crippen LogP contribution in [-0.4, -0.2) is 62.0 Å². The van der Waals surface area contributed by atoms with Gasteiger partial charge in [0.25, 0.3) is 0 Å². The molecule has 1 aliphatic rings. The minimum Gasteiger partial charge on any atom is -0.480 e. The van der Waals surface area contributed by atoms with Gasteiger partial charge in [-0.25, -0.2) is 13.6 Å². The van der Waals surface area contributed by atoms with E-state index in [1.54, 1.807) is 18.0 Å². The van der Waals surface area contributed by atoms with Gasteiger partial charge in [-0.1, -0.05) is 17.7 Å². The predicted molar refractivity (Wildman–Crippen MR) is 82.2 cm³/mol. The molecule has 1 unspecified atom stereocenters. The van der Waals surface area contributed by atoms with Crippen LogP contribution in [0, 0.1) is 0 Å². The molecule has 0 saturated carbocycles. The van der Waals surface area contributed by atoms with Gasteiger partial charge in [-0.15, -0.1) is 0 Å². The fourth-order valence-corrected chi connectivity index (χ4v) is 3.56. The van der Waals surface area contributed by atoms with Crippen molar-refractivity contribution in [2.75, 3.05) is 26.7 Å². The highest BCUT2D eigenvalue weighted by molar-refractivity contribution is 7.89. The maximum absolute atomic E-state index is 11.5. The summed E-state index contributed by atoms with van der Waals surface area (Å²) in [6.07, 6.45) is 0. The summed E-state index contributed by atoms with van der Waals surface area (Å²) in [6.45, 7) is 2.15. The second kappa shape index (κ2) is 6.51. The largest absolute Gasteiger partial charge is 0.480 e. The number of hydrogen-bond donors (Lipinski definition) is 2. The number of benzene rings is 1. The number of piperazine rings is 1. The lowest BCUT2D eigenvalue weighted by molar-refractivity contribution is -0.145. The number of carbonyl (C=O) groups is 1. The number of rotatable bonds is 4. The van der Waals surface area contributed by atoms with Gasteiger partial charge < -0.3 is 5.11 Å². The summed E-state index contributed by atoms with van der Waals surface area (Å²) in [6, 6.07) is 4.07. The third kappa shape index (κ3) is 3.96. The SMILES string of the molecule is CN1CCN(Cc2ccc(Cl)c(S(N)(=O)=O)c2)CC1C(=O)O. The van der Waals surface area contributed by atoms with Crippen molar-refractivity contribution in [2.24, 2.45) is 5.14 Å². The number of aliphatic carboxylic acids is 1. The fraction of sp³-hybridized carbons (Fsp3) is 0.462. The highest BCUT2D eigenvalue weighted by Gasteiger charge is 2.29. The lowest BCUT2D eigenvalue weighted by Gasteiger charge is -2.37. The molecule has 0 amide bonds. The Bertz CT molecular complexity index is 680. The predicted octanol–water partition coefficient (Wildman–Crippen LogP) is 0.188. The number of hydrogen-bond acceptors (Lipinski definition) is 5. The normalized spacial score (nSPS) is 21.0. The molecule has 1 aromatic carbocycles. The van der Waals surface area contributed by atoms with Gasteiger partial charge in [-0.2, -0.15) is 0 Å². The highest BCUT2D eigenvalue weighted by Crippen LogP contribution is 2.22. The zero-order valence-corrected chi connectivity index (χ0v) is 13.6. The summed E-state index contributed by atoms with van der Waals surface area (Å²) in [4.78, 5) is 14.9. The Morgan fingerprint density at radius 3 is 2.73 bits per heavy atom. The van der Waals surface area contributed by atoms with Crippen LogP contribution in [0.4, 0.5) is 0 Å². The molecule has 0 bridgehead atoms. The molecule has 3 N–H and O–H groups in total. The van der Waals surface area contributed by atoms with E-state index in [1.165, 1.54) is 12.1 Å². The molecular weight excluding hydrogens is 330 g/mol. The van der Waals surface area contributed by atoms with E-state index in [9.17, 15) is 18.3 Å². The van der Waals surface area contributed by atoms with Crippen molar-refractivity contribution < 1.29 is 18.3 Å². The van der Waals surface area contributed by atoms with Gasteiger partial charge in [0.2, 0.25) is 10.0 Å². The number of nitrogens with zero attached hydrogens (tertiary/aromatic N) is 2. The van der Waals surface area contributed by atoms with E-state index in [1.807, 2.05) is 4.90 Å². The number of nitrogens with two attached hydrogens (primary N) is 1. The molecule has 1 aliphatic heterocycles. The fourth-order valence-electron chi connectivity index (χ4n) is 2.46. The molecular formula is C13H18ClN3O4S. The molecule has 122 valence electrons. The standard InChI is InChI=1S/C13H18ClN3O4S/c1-16-4-5-17(8-11(16)13(18)19)7-9-2-3-10(14)12(6-9)22(15,20)21/h2-3,6,11H,4-5,7-8H2,1H3,(H,18,19)(H2,15,20,21). The molecule has 0 spiro atoms. The number of halogens is 1. The Hall–Kier alpha value is -1.19. The quantitative estimate of drug-likeness (QED) is 0.805. The zero-order valence-electron chi connectivity index (χ0n) is 12.1. The third-order valence-electron chi connectivity index (χ3n) is 3.73. The van der Waals surface area contributed by atoms with Crippen LogP contribution < -0.4 is 5.14 Å². The Balaban J connectivity index is 2.16. The summed E-state index contributed by atoms with van der Waals surface area (Å²) < 4.78 is 23.0. The van der Waals surface area contributed by atoms with Crippen LogP contribution in [0.15, 0.2) is 23.1 Å². The molecule has 0 aromatic heterocycles. The van der Waals surface area contributed by atoms with Crippen molar-refractivity contribution in [3.05, 3.63) is 28.8 Å². The lowest BCUT2D eigenvalue weighted by atomic mass is 10.1. The highest BCUT2D eigenvalue weighted by atomic mass is 35.5. The van der Waals surface area contributed by atoms with Gasteiger partial charge in [-0.3, -0.25) is 14.6 Å². The van der Waals surface area contributed by atoms with Crippen molar-refractivity contribution in [3.8, 4) is 0 Å². The van der Waals surface area contributed by atoms with Gasteiger partial charge in [0.15, 0.2) is 0 Å². The van der Waals surface area contributed by atoms with Crippen molar-refractivity contribution >= 4 is 27.6 Å². The Morgan fingerprint density at radius 2 is 2.14 bits per heavy atom. The molecule has 2 rings (SSSR count). The van der Waals surface area contributed by atoms with Crippen LogP contribution >= 0.6 is 11.6 Å². The van der Waals surface area contributed by atoms with E-state index in [-0.39, 0.29) is 9.92 Å². The molecule has 7 nitrogen and oxygen atoms in total. The monoisotopic (exact) mass is 347 g/mol. The number of carboxylic acids is 1. The van der Waals surface area contributed by atoms with Crippen molar-refractivity contribution in [1.29, 1.82) is 0 Å². The molecule has 0 radical (unpaired) electrons. The first-order valence-electron chi connectivity index (χ1n) is 6.65. The molecule has 22 heavy (non-hydrogen) atoms. The van der Waals surface area contributed by atoms with Gasteiger partial charge in [0, 0.05) is 26.2 Å². The van der Waals surface area contributed by atoms with Crippen molar-refractivity contribution in [2.45, 2.75) is 17.5 Å². The van der Waals surface area contributed by atoms with Gasteiger partial charge in [-0.05, 0) is 24.7 Å². The summed E-state index contributed by atoms with van der Waals surface area (Å²) in [5, 5.41) is 14.4. The maximum Gasteiger partial charge on any atom is 0.322 e. The lowest BCUT2D eigenvalue weighted by Crippen LogP contribution is -2.54. The number of carboxylic acid groups (broad SMARTS) is 1. The average Bonchev–Trinajstić information content (AvgIpc) is 2.41. The second-order valence-electron chi connectivity index (χ2n) is 5.38. The van der Waals surface area contributed by atoms with Gasteiger partial charge >= 0.3 is 5.97 Å². The molecule has 1 fully saturated rings. The number of likely N-dealkylation sites (N-methyl/N-ethyl adjacent to an activating group) is 1. The topological polar surface area (TPSA) is 104 Å². The number of sulfonamides is 1. The van der Waals surface area contributed by atoms with Crippen LogP contribution in [0.1, 0.15) is 5.56 Å². The molecule has 1 saturated heterocycles. The first-order valence-corrected chi connectivity index (χ1v) is 8.57. The summed E-state index contributed by atoms with van der Waals surface area (Å²) in [7, 11) is -2.11. The van der Waals surface area contributed by atoms with Crippen LogP contribution in [0.2, 0.25) is 5.02 Å². The van der Waals surface area contributed by atoms with Crippen molar-refractivity contribution in [1.82, 2.24) is 9.80 Å². The maximum atomic E-state index is 11.5. The smallest absolute Gasteiger partial charge is 0.322 e. The van der Waals surface area contributed by atoms with E-state index in [4.69, 9.17) is 16.7 Å². The van der Waals surface area contributed by atoms with E-state index in [2.05, 4.69) is 0 Å². The Morgan fingerprint density at radius 1 is 1.45 bits per heavy atom. The van der Waals surface area contributed by atoms with E-state index >= 15 is 0 Å². The summed E-state index contributed by atoms with van der Waals surface area (Å²) >= 11 is 5.85. The summed E-state index contributed by atoms with van der Waals surface area (Å²) in [5.74, 6) is -0.867. The van der Waals surface area contributed by atoms with Crippen LogP contribution in [0.25, 0.3) is 0 Å². The first kappa shape index (κ1) is 17.2. The molecule has 1 aromatic rings. The minimum absolute atomic E-state index is 0.0769. The average molecular weight is 348 g/mol. The molecule has 1 atom stereocenters. The van der Waals surface area contributed by atoms with Crippen LogP contribution in [-0.2, 0) is 21.4 Å². The van der Waals surface area contributed by atoms with Gasteiger partial charge in [0.05, 0.1) is 5.02 Å². The van der Waals surface area contributed by atoms with Crippen LogP contribution in [0.3, 0.4) is 0 Å². The molecule has 1 heterocycles. The van der Waals surface area contributed by atoms with Crippen LogP contribution in [0.5, 0.6) is 0 Å². The second-order valence-corrected chi connectivity index (χ2v) is 7.32. The Kier molecular flexibility index (Phi) is 5.08. The zero-order chi connectivity index (χ0) is 16.5. The number of primary sulfonamides is 1. The molecule has 9 heteroatoms. The first-order chi connectivity index (χ1) is 10.2. The van der Waals surface area contributed by atoms with E-state index in [0.29, 0.717) is 26.2 Å². The molecule has 0 aliphatic carbocycles. The van der Waals surface area contributed by atoms with Gasteiger partial charge in [0.1, 0.15) is 10.9 Å². The summed E-state index contributed by atoms with van der Waals surface area (Å²) in [5.41, 5.74) is 0.724. The third-order valence-corrected chi connectivity index (χ3v) is 5.12.